The molecule has 0 saturated carbocycles. The van der Waals surface area contributed by atoms with Crippen molar-refractivity contribution >= 4 is 23.9 Å². The molecule has 3 aromatic rings. The summed E-state index contributed by atoms with van der Waals surface area (Å²) in [6.07, 6.45) is -6.73. The van der Waals surface area contributed by atoms with Crippen molar-refractivity contribution in [1.29, 1.82) is 0 Å². The number of hydrogen-bond acceptors (Lipinski definition) is 10. The zero-order chi connectivity index (χ0) is 31.0. The van der Waals surface area contributed by atoms with Crippen molar-refractivity contribution in [1.82, 2.24) is 0 Å². The number of hydrogen-bond donors (Lipinski definition) is 0. The Balaban J connectivity index is 1.83. The molecule has 4 rings (SSSR count). The topological polar surface area (TPSA) is 124 Å². The lowest BCUT2D eigenvalue weighted by Gasteiger charge is -2.45. The van der Waals surface area contributed by atoms with E-state index in [1.807, 2.05) is 91.0 Å². The minimum absolute atomic E-state index is 0.237. The Kier molecular flexibility index (Phi) is 10.3. The first-order valence-electron chi connectivity index (χ1n) is 13.8. The minimum atomic E-state index is -1.49. The molecule has 1 fully saturated rings. The normalized spacial score (nSPS) is 21.7. The molecule has 0 radical (unpaired) electrons. The number of carbonyl (C=O) groups is 4. The molecule has 0 spiro atoms. The fourth-order valence-corrected chi connectivity index (χ4v) is 5.22. The fraction of sp³-hybridized carbons (Fsp3) is 0.333. The van der Waals surface area contributed by atoms with Crippen LogP contribution in [0.15, 0.2) is 91.0 Å². The van der Waals surface area contributed by atoms with Crippen molar-refractivity contribution < 1.29 is 47.6 Å². The Hall–Kier alpha value is -4.54. The van der Waals surface area contributed by atoms with Crippen molar-refractivity contribution in [2.45, 2.75) is 64.0 Å². The quantitative estimate of drug-likeness (QED) is 0.194. The number of benzene rings is 3. The molecule has 10 nitrogen and oxygen atoms in total. The SMILES string of the molecule is CC(=O)OC1O[C@H](COC(c2ccccc2)(c2ccccc2)c2ccccc2)[C@H](OC(C)=O)C(OC(C)=O)[C@@H]1OC(C)=O. The molecular formula is C33H34O10. The van der Waals surface area contributed by atoms with Crippen LogP contribution in [-0.2, 0) is 53.2 Å². The number of ether oxygens (including phenoxy) is 6. The van der Waals surface area contributed by atoms with E-state index in [0.29, 0.717) is 0 Å². The van der Waals surface area contributed by atoms with E-state index < -0.39 is 60.2 Å². The second-order valence-electron chi connectivity index (χ2n) is 9.96. The maximum Gasteiger partial charge on any atom is 0.305 e. The number of rotatable bonds is 10. The van der Waals surface area contributed by atoms with E-state index in [9.17, 15) is 19.2 Å². The van der Waals surface area contributed by atoms with Crippen molar-refractivity contribution in [3.05, 3.63) is 108 Å². The third-order valence-corrected chi connectivity index (χ3v) is 6.78. The molecule has 0 aromatic heterocycles. The highest BCUT2D eigenvalue weighted by Crippen LogP contribution is 2.41. The Morgan fingerprint density at radius 1 is 0.558 bits per heavy atom. The van der Waals surface area contributed by atoms with Gasteiger partial charge in [0.1, 0.15) is 11.7 Å². The second-order valence-corrected chi connectivity index (χ2v) is 9.96. The Bertz CT molecular complexity index is 1300. The van der Waals surface area contributed by atoms with Crippen LogP contribution < -0.4 is 0 Å². The molecule has 0 N–H and O–H groups in total. The molecule has 43 heavy (non-hydrogen) atoms. The van der Waals surface area contributed by atoms with Crippen molar-refractivity contribution in [3.8, 4) is 0 Å². The van der Waals surface area contributed by atoms with Gasteiger partial charge in [0.15, 0.2) is 12.2 Å². The Labute approximate surface area is 249 Å². The van der Waals surface area contributed by atoms with E-state index in [4.69, 9.17) is 28.4 Å². The highest BCUT2D eigenvalue weighted by Gasteiger charge is 2.54. The predicted molar refractivity (Wildman–Crippen MR) is 152 cm³/mol. The van der Waals surface area contributed by atoms with Crippen LogP contribution in [0.5, 0.6) is 0 Å². The van der Waals surface area contributed by atoms with E-state index in [2.05, 4.69) is 0 Å². The first kappa shape index (κ1) is 31.4. The lowest BCUT2D eigenvalue weighted by molar-refractivity contribution is -0.303. The maximum absolute atomic E-state index is 12.3. The lowest BCUT2D eigenvalue weighted by atomic mass is 9.80. The van der Waals surface area contributed by atoms with Crippen LogP contribution in [0.3, 0.4) is 0 Å². The first-order valence-corrected chi connectivity index (χ1v) is 13.8. The van der Waals surface area contributed by atoms with Gasteiger partial charge < -0.3 is 28.4 Å². The summed E-state index contributed by atoms with van der Waals surface area (Å²) in [6, 6.07) is 28.7. The lowest BCUT2D eigenvalue weighted by Crippen LogP contribution is -2.63. The first-order chi connectivity index (χ1) is 20.6. The molecule has 1 aliphatic heterocycles. The van der Waals surface area contributed by atoms with E-state index >= 15 is 0 Å². The van der Waals surface area contributed by atoms with Gasteiger partial charge in [-0.25, -0.2) is 0 Å². The summed E-state index contributed by atoms with van der Waals surface area (Å²) in [7, 11) is 0. The summed E-state index contributed by atoms with van der Waals surface area (Å²) in [5.41, 5.74) is 1.24. The average Bonchev–Trinajstić information content (AvgIpc) is 2.97. The third kappa shape index (κ3) is 7.46. The van der Waals surface area contributed by atoms with E-state index in [0.717, 1.165) is 37.5 Å². The van der Waals surface area contributed by atoms with Gasteiger partial charge in [-0.2, -0.15) is 0 Å². The average molecular weight is 591 g/mol. The molecule has 226 valence electrons. The van der Waals surface area contributed by atoms with Crippen LogP contribution >= 0.6 is 0 Å². The summed E-state index contributed by atoms with van der Waals surface area (Å²) in [4.78, 5) is 48.6. The van der Waals surface area contributed by atoms with E-state index in [-0.39, 0.29) is 6.61 Å². The molecule has 10 heteroatoms. The molecule has 0 amide bonds. The minimum Gasteiger partial charge on any atom is -0.456 e. The molecule has 1 heterocycles. The number of esters is 4. The third-order valence-electron chi connectivity index (χ3n) is 6.78. The summed E-state index contributed by atoms with van der Waals surface area (Å²) in [5, 5.41) is 0. The molecule has 1 aliphatic rings. The smallest absolute Gasteiger partial charge is 0.305 e. The van der Waals surface area contributed by atoms with Crippen LogP contribution in [-0.4, -0.2) is 61.2 Å². The van der Waals surface area contributed by atoms with Gasteiger partial charge in [-0.3, -0.25) is 19.2 Å². The van der Waals surface area contributed by atoms with Gasteiger partial charge in [0.2, 0.25) is 12.4 Å². The van der Waals surface area contributed by atoms with Crippen LogP contribution in [0.4, 0.5) is 0 Å². The van der Waals surface area contributed by atoms with Gasteiger partial charge in [-0.05, 0) is 16.7 Å². The second kappa shape index (κ2) is 14.1. The van der Waals surface area contributed by atoms with Crippen molar-refractivity contribution in [3.63, 3.8) is 0 Å². The van der Waals surface area contributed by atoms with E-state index in [1.54, 1.807) is 0 Å². The maximum atomic E-state index is 12.3. The van der Waals surface area contributed by atoms with Crippen molar-refractivity contribution in [2.75, 3.05) is 6.61 Å². The largest absolute Gasteiger partial charge is 0.456 e. The molecule has 1 saturated heterocycles. The summed E-state index contributed by atoms with van der Waals surface area (Å²) >= 11 is 0. The van der Waals surface area contributed by atoms with Gasteiger partial charge >= 0.3 is 23.9 Å². The molecule has 5 atom stereocenters. The highest BCUT2D eigenvalue weighted by atomic mass is 16.7. The summed E-state index contributed by atoms with van der Waals surface area (Å²) in [6.45, 7) is 4.40. The molecule has 0 aliphatic carbocycles. The van der Waals surface area contributed by atoms with Crippen LogP contribution in [0.1, 0.15) is 44.4 Å². The predicted octanol–water partition coefficient (Wildman–Crippen LogP) is 4.08. The Morgan fingerprint density at radius 2 is 0.930 bits per heavy atom. The monoisotopic (exact) mass is 590 g/mol. The summed E-state index contributed by atoms with van der Waals surface area (Å²) in [5.74, 6) is -2.93. The standard InChI is InChI=1S/C33H34O10/c1-21(34)39-29-28(43-32(42-24(4)37)31(41-23(3)36)30(29)40-22(2)35)20-38-33(25-14-8-5-9-15-25,26-16-10-6-11-17-26)27-18-12-7-13-19-27/h5-19,28-32H,20H2,1-4H3/t28-,29+,30?,31+,32?/m1/s1. The zero-order valence-electron chi connectivity index (χ0n) is 24.3. The van der Waals surface area contributed by atoms with Gasteiger partial charge in [-0.1, -0.05) is 91.0 Å². The molecule has 0 bridgehead atoms. The molecule has 2 unspecified atom stereocenters. The van der Waals surface area contributed by atoms with Crippen LogP contribution in [0, 0.1) is 0 Å². The van der Waals surface area contributed by atoms with Gasteiger partial charge in [0.05, 0.1) is 6.61 Å². The molecule has 3 aromatic carbocycles. The van der Waals surface area contributed by atoms with Gasteiger partial charge in [0.25, 0.3) is 0 Å². The summed E-state index contributed by atoms with van der Waals surface area (Å²) < 4.78 is 34.9. The highest BCUT2D eigenvalue weighted by molar-refractivity contribution is 5.69. The number of carbonyl (C=O) groups excluding carboxylic acids is 4. The van der Waals surface area contributed by atoms with Crippen LogP contribution in [0.25, 0.3) is 0 Å². The Morgan fingerprint density at radius 3 is 1.33 bits per heavy atom. The van der Waals surface area contributed by atoms with Gasteiger partial charge in [-0.15, -0.1) is 0 Å². The van der Waals surface area contributed by atoms with E-state index in [1.165, 1.54) is 6.92 Å². The van der Waals surface area contributed by atoms with Gasteiger partial charge in [0, 0.05) is 27.7 Å². The zero-order valence-corrected chi connectivity index (χ0v) is 24.3. The van der Waals surface area contributed by atoms with Crippen molar-refractivity contribution in [2.24, 2.45) is 0 Å². The van der Waals surface area contributed by atoms with Crippen LogP contribution in [0.2, 0.25) is 0 Å². The molecular weight excluding hydrogens is 556 g/mol. The fourth-order valence-electron chi connectivity index (χ4n) is 5.22.